The summed E-state index contributed by atoms with van der Waals surface area (Å²) in [5.74, 6) is 1.05. The third-order valence-corrected chi connectivity index (χ3v) is 4.34. The third kappa shape index (κ3) is 3.41. The number of aromatic nitrogens is 3. The largest absolute Gasteiger partial charge is 0.336 e. The van der Waals surface area contributed by atoms with Crippen molar-refractivity contribution in [2.24, 2.45) is 5.92 Å². The van der Waals surface area contributed by atoms with Gasteiger partial charge in [0.2, 0.25) is 5.82 Å². The van der Waals surface area contributed by atoms with Crippen LogP contribution in [0.2, 0.25) is 0 Å². The number of aryl methyl sites for hydroxylation is 1. The van der Waals surface area contributed by atoms with Gasteiger partial charge in [-0.1, -0.05) is 6.92 Å². The van der Waals surface area contributed by atoms with Gasteiger partial charge < -0.3 is 4.90 Å². The summed E-state index contributed by atoms with van der Waals surface area (Å²) in [4.78, 5) is 18.8. The zero-order chi connectivity index (χ0) is 16.4. The van der Waals surface area contributed by atoms with Crippen molar-refractivity contribution in [3.8, 4) is 5.69 Å². The number of likely N-dealkylation sites (tertiary alicyclic amines) is 1. The van der Waals surface area contributed by atoms with E-state index < -0.39 is 0 Å². The van der Waals surface area contributed by atoms with Crippen LogP contribution in [0.5, 0.6) is 0 Å². The Balaban J connectivity index is 1.82. The average molecular weight is 316 g/mol. The van der Waals surface area contributed by atoms with Crippen LogP contribution in [0.25, 0.3) is 5.69 Å². The molecule has 6 heteroatoms. The zero-order valence-electron chi connectivity index (χ0n) is 13.5. The first kappa shape index (κ1) is 15.6. The monoisotopic (exact) mass is 316 g/mol. The van der Waals surface area contributed by atoms with Crippen LogP contribution in [0.4, 0.5) is 4.39 Å². The van der Waals surface area contributed by atoms with Crippen molar-refractivity contribution in [2.75, 3.05) is 13.1 Å². The smallest absolute Gasteiger partial charge is 0.293 e. The number of hydrogen-bond acceptors (Lipinski definition) is 3. The molecule has 2 aromatic rings. The number of carbonyl (C=O) groups excluding carboxylic acids is 1. The van der Waals surface area contributed by atoms with E-state index in [1.54, 1.807) is 23.7 Å². The molecule has 3 rings (SSSR count). The van der Waals surface area contributed by atoms with Crippen molar-refractivity contribution in [3.05, 3.63) is 41.7 Å². The molecule has 5 nitrogen and oxygen atoms in total. The summed E-state index contributed by atoms with van der Waals surface area (Å²) in [6, 6.07) is 5.99. The van der Waals surface area contributed by atoms with Crippen molar-refractivity contribution in [1.82, 2.24) is 19.7 Å². The first-order chi connectivity index (χ1) is 11.0. The van der Waals surface area contributed by atoms with Crippen molar-refractivity contribution < 1.29 is 9.18 Å². The summed E-state index contributed by atoms with van der Waals surface area (Å²) in [7, 11) is 0. The van der Waals surface area contributed by atoms with Gasteiger partial charge in [0, 0.05) is 13.1 Å². The molecule has 1 fully saturated rings. The molecule has 122 valence electrons. The second kappa shape index (κ2) is 6.48. The van der Waals surface area contributed by atoms with Crippen LogP contribution < -0.4 is 0 Å². The molecule has 1 saturated heterocycles. The number of rotatable bonds is 2. The van der Waals surface area contributed by atoms with Gasteiger partial charge in [0.15, 0.2) is 0 Å². The molecule has 1 unspecified atom stereocenters. The Morgan fingerprint density at radius 1 is 1.22 bits per heavy atom. The predicted octanol–water partition coefficient (Wildman–Crippen LogP) is 2.98. The van der Waals surface area contributed by atoms with E-state index in [4.69, 9.17) is 0 Å². The highest BCUT2D eigenvalue weighted by Crippen LogP contribution is 2.18. The average Bonchev–Trinajstić information content (AvgIpc) is 2.79. The molecule has 1 aromatic heterocycles. The van der Waals surface area contributed by atoms with E-state index in [9.17, 15) is 9.18 Å². The fraction of sp³-hybridized carbons (Fsp3) is 0.471. The topological polar surface area (TPSA) is 51.0 Å². The molecule has 0 N–H and O–H groups in total. The van der Waals surface area contributed by atoms with Crippen LogP contribution in [0.3, 0.4) is 0 Å². The maximum Gasteiger partial charge on any atom is 0.293 e. The lowest BCUT2D eigenvalue weighted by Crippen LogP contribution is -2.32. The maximum absolute atomic E-state index is 13.0. The lowest BCUT2D eigenvalue weighted by molar-refractivity contribution is 0.0748. The molecule has 0 spiro atoms. The molecule has 0 aliphatic carbocycles. The van der Waals surface area contributed by atoms with Crippen LogP contribution >= 0.6 is 0 Å². The molecule has 1 aliphatic rings. The molecule has 1 atom stereocenters. The number of hydrogen-bond donors (Lipinski definition) is 0. The first-order valence-electron chi connectivity index (χ1n) is 8.03. The molecule has 0 radical (unpaired) electrons. The Morgan fingerprint density at radius 3 is 2.70 bits per heavy atom. The normalized spacial score (nSPS) is 18.7. The number of halogens is 1. The van der Waals surface area contributed by atoms with Crippen LogP contribution in [0, 0.1) is 18.7 Å². The fourth-order valence-electron chi connectivity index (χ4n) is 2.92. The fourth-order valence-corrected chi connectivity index (χ4v) is 2.92. The van der Waals surface area contributed by atoms with E-state index >= 15 is 0 Å². The van der Waals surface area contributed by atoms with Crippen LogP contribution in [-0.2, 0) is 0 Å². The Kier molecular flexibility index (Phi) is 4.41. The summed E-state index contributed by atoms with van der Waals surface area (Å²) < 4.78 is 14.6. The number of carbonyl (C=O) groups is 1. The molecule has 0 bridgehead atoms. The van der Waals surface area contributed by atoms with Crippen molar-refractivity contribution >= 4 is 5.91 Å². The quantitative estimate of drug-likeness (QED) is 0.856. The Labute approximate surface area is 135 Å². The van der Waals surface area contributed by atoms with Crippen molar-refractivity contribution in [3.63, 3.8) is 0 Å². The maximum atomic E-state index is 13.0. The standard InChI is InChI=1S/C17H21FN4O/c1-12-4-3-10-21(11-9-12)17(23)16-19-13(2)22(20-16)15-7-5-14(18)6-8-15/h5-8,12H,3-4,9-11H2,1-2H3. The minimum atomic E-state index is -0.304. The van der Waals surface area contributed by atoms with Gasteiger partial charge >= 0.3 is 0 Å². The van der Waals surface area contributed by atoms with Gasteiger partial charge in [-0.25, -0.2) is 14.1 Å². The predicted molar refractivity (Wildman–Crippen MR) is 85.0 cm³/mol. The molecule has 0 saturated carbocycles. The van der Waals surface area contributed by atoms with Gasteiger partial charge in [0.25, 0.3) is 5.91 Å². The summed E-state index contributed by atoms with van der Waals surface area (Å²) in [5, 5.41) is 4.33. The highest BCUT2D eigenvalue weighted by atomic mass is 19.1. The Morgan fingerprint density at radius 2 is 1.96 bits per heavy atom. The van der Waals surface area contributed by atoms with E-state index in [0.717, 1.165) is 32.4 Å². The summed E-state index contributed by atoms with van der Waals surface area (Å²) >= 11 is 0. The van der Waals surface area contributed by atoms with E-state index in [2.05, 4.69) is 17.0 Å². The molecule has 23 heavy (non-hydrogen) atoms. The summed E-state index contributed by atoms with van der Waals surface area (Å²) in [6.07, 6.45) is 3.19. The highest BCUT2D eigenvalue weighted by molar-refractivity contribution is 5.90. The molecular weight excluding hydrogens is 295 g/mol. The van der Waals surface area contributed by atoms with E-state index in [0.29, 0.717) is 17.4 Å². The van der Waals surface area contributed by atoms with Gasteiger partial charge in [-0.15, -0.1) is 5.10 Å². The Hall–Kier alpha value is -2.24. The van der Waals surface area contributed by atoms with Crippen LogP contribution in [0.15, 0.2) is 24.3 Å². The number of benzene rings is 1. The summed E-state index contributed by atoms with van der Waals surface area (Å²) in [6.45, 7) is 5.52. The van der Waals surface area contributed by atoms with Gasteiger partial charge in [-0.2, -0.15) is 0 Å². The van der Waals surface area contributed by atoms with E-state index in [1.165, 1.54) is 12.1 Å². The van der Waals surface area contributed by atoms with Crippen LogP contribution in [0.1, 0.15) is 42.6 Å². The van der Waals surface area contributed by atoms with Crippen LogP contribution in [-0.4, -0.2) is 38.7 Å². The SMILES string of the molecule is Cc1nc(C(=O)N2CCCC(C)CC2)nn1-c1ccc(F)cc1. The van der Waals surface area contributed by atoms with Gasteiger partial charge in [0.05, 0.1) is 5.69 Å². The van der Waals surface area contributed by atoms with Gasteiger partial charge in [-0.05, 0) is 56.4 Å². The number of nitrogens with zero attached hydrogens (tertiary/aromatic N) is 4. The first-order valence-corrected chi connectivity index (χ1v) is 8.03. The number of amides is 1. The second-order valence-electron chi connectivity index (χ2n) is 6.20. The van der Waals surface area contributed by atoms with Crippen molar-refractivity contribution in [1.29, 1.82) is 0 Å². The zero-order valence-corrected chi connectivity index (χ0v) is 13.5. The molecular formula is C17H21FN4O. The minimum absolute atomic E-state index is 0.122. The second-order valence-corrected chi connectivity index (χ2v) is 6.20. The lowest BCUT2D eigenvalue weighted by atomic mass is 10.0. The van der Waals surface area contributed by atoms with Gasteiger partial charge in [-0.3, -0.25) is 4.79 Å². The summed E-state index contributed by atoms with van der Waals surface area (Å²) in [5.41, 5.74) is 0.694. The highest BCUT2D eigenvalue weighted by Gasteiger charge is 2.23. The molecule has 1 aromatic carbocycles. The molecule has 1 aliphatic heterocycles. The molecule has 1 amide bonds. The third-order valence-electron chi connectivity index (χ3n) is 4.34. The lowest BCUT2D eigenvalue weighted by Gasteiger charge is -2.18. The van der Waals surface area contributed by atoms with E-state index in [-0.39, 0.29) is 17.5 Å². The molecule has 2 heterocycles. The van der Waals surface area contributed by atoms with Gasteiger partial charge in [0.1, 0.15) is 11.6 Å². The Bertz CT molecular complexity index is 695. The van der Waals surface area contributed by atoms with E-state index in [1.807, 2.05) is 4.90 Å². The minimum Gasteiger partial charge on any atom is -0.336 e. The van der Waals surface area contributed by atoms with Crippen molar-refractivity contribution in [2.45, 2.75) is 33.1 Å².